The molecule has 0 aliphatic rings. The van der Waals surface area contributed by atoms with E-state index in [0.29, 0.717) is 12.1 Å². The van der Waals surface area contributed by atoms with Crippen LogP contribution in [0.15, 0.2) is 28.2 Å². The second-order valence-electron chi connectivity index (χ2n) is 4.33. The van der Waals surface area contributed by atoms with Gasteiger partial charge in [0.25, 0.3) is 10.1 Å². The van der Waals surface area contributed by atoms with Crippen molar-refractivity contribution < 1.29 is 13.0 Å². The number of nitrogens with one attached hydrogen (secondary N) is 1. The largest absolute Gasteiger partial charge is 0.305 e. The van der Waals surface area contributed by atoms with Gasteiger partial charge in [0.15, 0.2) is 0 Å². The van der Waals surface area contributed by atoms with Crippen LogP contribution in [-0.4, -0.2) is 37.7 Å². The fourth-order valence-corrected chi connectivity index (χ4v) is 2.27. The lowest BCUT2D eigenvalue weighted by Gasteiger charge is -2.13. The molecule has 0 aromatic heterocycles. The molecule has 0 heterocycles. The third-order valence-corrected chi connectivity index (χ3v) is 3.28. The van der Waals surface area contributed by atoms with E-state index < -0.39 is 15.8 Å². The molecule has 1 aromatic rings. The Bertz CT molecular complexity index is 725. The highest BCUT2D eigenvalue weighted by Crippen LogP contribution is 2.21. The molecule has 0 bridgehead atoms. The highest BCUT2D eigenvalue weighted by Gasteiger charge is 2.16. The maximum absolute atomic E-state index is 11.4. The van der Waals surface area contributed by atoms with Crippen LogP contribution in [0.25, 0.3) is 0 Å². The first-order valence-electron chi connectivity index (χ1n) is 5.67. The maximum Gasteiger partial charge on any atom is 0.294 e. The van der Waals surface area contributed by atoms with Gasteiger partial charge in [0.2, 0.25) is 5.71 Å². The summed E-state index contributed by atoms with van der Waals surface area (Å²) in [4.78, 5) is 1.49. The van der Waals surface area contributed by atoms with Gasteiger partial charge in [-0.15, -0.1) is 0 Å². The van der Waals surface area contributed by atoms with E-state index in [1.165, 1.54) is 18.2 Å². The van der Waals surface area contributed by atoms with Crippen LogP contribution in [0.1, 0.15) is 5.56 Å². The van der Waals surface area contributed by atoms with Gasteiger partial charge in [0.05, 0.1) is 5.69 Å². The lowest BCUT2D eigenvalue weighted by molar-refractivity contribution is 0.397. The number of rotatable bonds is 5. The molecule has 0 spiro atoms. The molecule has 0 aliphatic carbocycles. The number of hydrogen-bond acceptors (Lipinski definition) is 7. The van der Waals surface area contributed by atoms with Crippen molar-refractivity contribution in [2.75, 3.05) is 19.5 Å². The minimum Gasteiger partial charge on any atom is -0.305 e. The quantitative estimate of drug-likeness (QED) is 0.467. The topological polar surface area (TPSA) is 130 Å². The molecule has 0 aliphatic heterocycles. The SMILES string of the molecule is CN(C)Cc1ccc(NN=C(C#N)C#N)cc1S(=O)(=O)O. The Morgan fingerprint density at radius 3 is 2.48 bits per heavy atom. The third-order valence-electron chi connectivity index (χ3n) is 2.34. The van der Waals surface area contributed by atoms with Crippen molar-refractivity contribution in [1.82, 2.24) is 4.90 Å². The van der Waals surface area contributed by atoms with E-state index in [0.717, 1.165) is 0 Å². The van der Waals surface area contributed by atoms with Crippen LogP contribution in [0.2, 0.25) is 0 Å². The average molecular weight is 307 g/mol. The molecule has 0 amide bonds. The first-order valence-corrected chi connectivity index (χ1v) is 7.11. The first-order chi connectivity index (χ1) is 9.77. The zero-order valence-electron chi connectivity index (χ0n) is 11.4. The summed E-state index contributed by atoms with van der Waals surface area (Å²) >= 11 is 0. The highest BCUT2D eigenvalue weighted by molar-refractivity contribution is 7.85. The summed E-state index contributed by atoms with van der Waals surface area (Å²) in [6.45, 7) is 0.320. The zero-order valence-corrected chi connectivity index (χ0v) is 12.2. The smallest absolute Gasteiger partial charge is 0.294 e. The molecular weight excluding hydrogens is 294 g/mol. The molecule has 0 unspecified atom stereocenters. The van der Waals surface area contributed by atoms with E-state index in [4.69, 9.17) is 10.5 Å². The van der Waals surface area contributed by atoms with Crippen LogP contribution in [0.3, 0.4) is 0 Å². The molecule has 21 heavy (non-hydrogen) atoms. The van der Waals surface area contributed by atoms with Gasteiger partial charge < -0.3 is 4.90 Å². The Balaban J connectivity index is 3.21. The fourth-order valence-electron chi connectivity index (χ4n) is 1.53. The molecule has 0 atom stereocenters. The molecule has 0 fully saturated rings. The van der Waals surface area contributed by atoms with Gasteiger partial charge in [0, 0.05) is 6.54 Å². The summed E-state index contributed by atoms with van der Waals surface area (Å²) in [5, 5.41) is 20.6. The summed E-state index contributed by atoms with van der Waals surface area (Å²) in [5.41, 5.74) is 2.64. The molecule has 9 heteroatoms. The van der Waals surface area contributed by atoms with Gasteiger partial charge in [-0.3, -0.25) is 9.98 Å². The van der Waals surface area contributed by atoms with Crippen molar-refractivity contribution in [3.63, 3.8) is 0 Å². The normalized spacial score (nSPS) is 10.6. The van der Waals surface area contributed by atoms with Crippen molar-refractivity contribution in [1.29, 1.82) is 10.5 Å². The zero-order chi connectivity index (χ0) is 16.0. The Hall–Kier alpha value is -2.46. The standard InChI is InChI=1S/C12H13N5O3S/c1-17(2)8-9-3-4-10(5-12(9)21(18,19)20)15-16-11(6-13)7-14/h3-5,15H,8H2,1-2H3,(H,18,19,20). The van der Waals surface area contributed by atoms with Crippen molar-refractivity contribution in [2.24, 2.45) is 5.10 Å². The molecule has 110 valence electrons. The van der Waals surface area contributed by atoms with Gasteiger partial charge in [-0.25, -0.2) is 0 Å². The van der Waals surface area contributed by atoms with E-state index in [1.54, 1.807) is 31.1 Å². The minimum atomic E-state index is -4.40. The Labute approximate surface area is 122 Å². The number of nitrogens with zero attached hydrogens (tertiary/aromatic N) is 4. The van der Waals surface area contributed by atoms with Crippen LogP contribution < -0.4 is 5.43 Å². The third kappa shape index (κ3) is 4.85. The summed E-state index contributed by atoms with van der Waals surface area (Å²) in [5.74, 6) is 0. The van der Waals surface area contributed by atoms with Crippen LogP contribution in [0.4, 0.5) is 5.69 Å². The lowest BCUT2D eigenvalue weighted by Crippen LogP contribution is -2.14. The minimum absolute atomic E-state index is 0.230. The van der Waals surface area contributed by atoms with Crippen molar-refractivity contribution in [3.8, 4) is 12.1 Å². The number of hydrogen-bond donors (Lipinski definition) is 2. The monoisotopic (exact) mass is 307 g/mol. The van der Waals surface area contributed by atoms with E-state index in [-0.39, 0.29) is 10.6 Å². The highest BCUT2D eigenvalue weighted by atomic mass is 32.2. The molecule has 0 radical (unpaired) electrons. The Kier molecular flexibility index (Phi) is 5.38. The maximum atomic E-state index is 11.4. The summed E-state index contributed by atoms with van der Waals surface area (Å²) in [6, 6.07) is 7.34. The Morgan fingerprint density at radius 1 is 1.38 bits per heavy atom. The van der Waals surface area contributed by atoms with E-state index in [2.05, 4.69) is 10.5 Å². The number of benzene rings is 1. The van der Waals surface area contributed by atoms with Crippen LogP contribution >= 0.6 is 0 Å². The van der Waals surface area contributed by atoms with Crippen molar-refractivity contribution in [2.45, 2.75) is 11.4 Å². The van der Waals surface area contributed by atoms with Crippen LogP contribution in [0.5, 0.6) is 0 Å². The van der Waals surface area contributed by atoms with Gasteiger partial charge in [-0.1, -0.05) is 6.07 Å². The number of nitriles is 2. The van der Waals surface area contributed by atoms with Gasteiger partial charge in [-0.2, -0.15) is 24.0 Å². The first kappa shape index (κ1) is 16.6. The van der Waals surface area contributed by atoms with Crippen molar-refractivity contribution in [3.05, 3.63) is 23.8 Å². The summed E-state index contributed by atoms with van der Waals surface area (Å²) < 4.78 is 32.1. The van der Waals surface area contributed by atoms with E-state index in [9.17, 15) is 13.0 Å². The average Bonchev–Trinajstić information content (AvgIpc) is 2.39. The summed E-state index contributed by atoms with van der Waals surface area (Å²) in [6.07, 6.45) is 0. The number of hydrazone groups is 1. The second kappa shape index (κ2) is 6.81. The molecule has 0 saturated heterocycles. The second-order valence-corrected chi connectivity index (χ2v) is 5.72. The van der Waals surface area contributed by atoms with E-state index in [1.807, 2.05) is 0 Å². The molecule has 1 rings (SSSR count). The van der Waals surface area contributed by atoms with Crippen molar-refractivity contribution >= 4 is 21.5 Å². The van der Waals surface area contributed by atoms with Gasteiger partial charge in [0.1, 0.15) is 17.0 Å². The fraction of sp³-hybridized carbons (Fsp3) is 0.250. The molecule has 0 saturated carbocycles. The predicted octanol–water partition coefficient (Wildman–Crippen LogP) is 0.810. The van der Waals surface area contributed by atoms with Crippen LogP contribution in [-0.2, 0) is 16.7 Å². The molecule has 1 aromatic carbocycles. The van der Waals surface area contributed by atoms with E-state index >= 15 is 0 Å². The lowest BCUT2D eigenvalue weighted by atomic mass is 10.2. The molecule has 2 N–H and O–H groups in total. The van der Waals surface area contributed by atoms with Gasteiger partial charge >= 0.3 is 0 Å². The Morgan fingerprint density at radius 2 is 2.00 bits per heavy atom. The van der Waals surface area contributed by atoms with Gasteiger partial charge in [-0.05, 0) is 31.8 Å². The van der Waals surface area contributed by atoms with Crippen LogP contribution in [0, 0.1) is 22.7 Å². The predicted molar refractivity (Wildman–Crippen MR) is 75.9 cm³/mol. The molecule has 8 nitrogen and oxygen atoms in total. The molecular formula is C12H13N5O3S. The summed E-state index contributed by atoms with van der Waals surface area (Å²) in [7, 11) is -0.876. The number of anilines is 1.